The minimum atomic E-state index is -1.63. The van der Waals surface area contributed by atoms with Crippen molar-refractivity contribution in [3.63, 3.8) is 0 Å². The van der Waals surface area contributed by atoms with Crippen LogP contribution in [-0.4, -0.2) is 23.1 Å². The van der Waals surface area contributed by atoms with Crippen molar-refractivity contribution < 1.29 is 19.6 Å². The molecule has 0 saturated heterocycles. The fourth-order valence-electron chi connectivity index (χ4n) is 1.12. The van der Waals surface area contributed by atoms with Gasteiger partial charge in [0.1, 0.15) is 0 Å². The molecule has 0 bridgehead atoms. The summed E-state index contributed by atoms with van der Waals surface area (Å²) in [4.78, 5) is 20.9. The van der Waals surface area contributed by atoms with Crippen LogP contribution in [0.5, 0.6) is 0 Å². The molecule has 0 heterocycles. The first kappa shape index (κ1) is 11.1. The molecule has 1 aromatic rings. The molecule has 6 nitrogen and oxygen atoms in total. The first-order chi connectivity index (χ1) is 7.07. The van der Waals surface area contributed by atoms with E-state index in [9.17, 15) is 20.0 Å². The number of hydrogen-bond donors (Lipinski definition) is 1. The summed E-state index contributed by atoms with van der Waals surface area (Å²) in [5.74, 6) is -0.927. The van der Waals surface area contributed by atoms with Gasteiger partial charge in [-0.1, -0.05) is 12.1 Å². The Balaban J connectivity index is 3.13. The van der Waals surface area contributed by atoms with Crippen LogP contribution in [0, 0.1) is 10.1 Å². The summed E-state index contributed by atoms with van der Waals surface area (Å²) in [5.41, 5.74) is -0.384. The van der Waals surface area contributed by atoms with E-state index in [0.717, 1.165) is 7.11 Å². The number of benzene rings is 1. The average Bonchev–Trinajstić information content (AvgIpc) is 2.27. The van der Waals surface area contributed by atoms with Gasteiger partial charge in [0.05, 0.1) is 17.6 Å². The Labute approximate surface area is 85.2 Å². The summed E-state index contributed by atoms with van der Waals surface area (Å²) in [6.45, 7) is 0. The van der Waals surface area contributed by atoms with Gasteiger partial charge in [-0.15, -0.1) is 0 Å². The highest BCUT2D eigenvalue weighted by Crippen LogP contribution is 2.25. The van der Waals surface area contributed by atoms with Gasteiger partial charge in [-0.25, -0.2) is 4.79 Å². The largest absolute Gasteiger partial charge is 0.467 e. The Hall–Kier alpha value is -1.95. The number of rotatable bonds is 3. The summed E-state index contributed by atoms with van der Waals surface area (Å²) >= 11 is 0. The Kier molecular flexibility index (Phi) is 3.35. The third kappa shape index (κ3) is 2.29. The number of nitro groups is 1. The van der Waals surface area contributed by atoms with Gasteiger partial charge in [-0.05, 0) is 6.07 Å². The molecule has 0 aliphatic rings. The molecule has 1 rings (SSSR count). The Bertz CT molecular complexity index is 390. The van der Waals surface area contributed by atoms with Crippen molar-refractivity contribution in [2.45, 2.75) is 6.10 Å². The number of aliphatic hydroxyl groups is 1. The molecule has 0 aromatic heterocycles. The van der Waals surface area contributed by atoms with Crippen LogP contribution in [0.25, 0.3) is 0 Å². The van der Waals surface area contributed by atoms with Gasteiger partial charge in [0.25, 0.3) is 5.69 Å². The molecule has 0 radical (unpaired) electrons. The maximum atomic E-state index is 11.0. The minimum absolute atomic E-state index is 0.0747. The quantitative estimate of drug-likeness (QED) is 0.453. The predicted molar refractivity (Wildman–Crippen MR) is 50.1 cm³/mol. The maximum absolute atomic E-state index is 11.0. The van der Waals surface area contributed by atoms with Crippen molar-refractivity contribution in [2.24, 2.45) is 0 Å². The van der Waals surface area contributed by atoms with Gasteiger partial charge < -0.3 is 9.84 Å². The van der Waals surface area contributed by atoms with Crippen LogP contribution in [0.3, 0.4) is 0 Å². The minimum Gasteiger partial charge on any atom is -0.467 e. The molecular weight excluding hydrogens is 202 g/mol. The number of carbonyl (C=O) groups is 1. The van der Waals surface area contributed by atoms with E-state index in [1.807, 2.05) is 0 Å². The molecule has 0 aliphatic carbocycles. The average molecular weight is 211 g/mol. The van der Waals surface area contributed by atoms with Crippen LogP contribution >= 0.6 is 0 Å². The van der Waals surface area contributed by atoms with E-state index < -0.39 is 17.0 Å². The monoisotopic (exact) mass is 211 g/mol. The smallest absolute Gasteiger partial charge is 0.339 e. The van der Waals surface area contributed by atoms with Crippen LogP contribution in [0.1, 0.15) is 11.7 Å². The summed E-state index contributed by atoms with van der Waals surface area (Å²) in [5, 5.41) is 20.0. The van der Waals surface area contributed by atoms with E-state index in [2.05, 4.69) is 4.74 Å². The second kappa shape index (κ2) is 4.52. The standard InChI is InChI=1S/C9H9NO5/c1-15-9(12)8(11)6-4-2-3-5-7(6)10(13)14/h2-5,8,11H,1H3/t8-/m0/s1. The number of nitrogens with zero attached hydrogens (tertiary/aromatic N) is 1. The summed E-state index contributed by atoms with van der Waals surface area (Å²) in [6.07, 6.45) is -1.63. The van der Waals surface area contributed by atoms with Gasteiger partial charge in [0, 0.05) is 6.07 Å². The summed E-state index contributed by atoms with van der Waals surface area (Å²) < 4.78 is 4.29. The first-order valence-corrected chi connectivity index (χ1v) is 4.07. The van der Waals surface area contributed by atoms with Crippen LogP contribution < -0.4 is 0 Å². The molecule has 1 aromatic carbocycles. The highest BCUT2D eigenvalue weighted by atomic mass is 16.6. The molecule has 15 heavy (non-hydrogen) atoms. The predicted octanol–water partition coefficient (Wildman–Crippen LogP) is 0.801. The zero-order valence-corrected chi connectivity index (χ0v) is 7.91. The van der Waals surface area contributed by atoms with E-state index in [4.69, 9.17) is 0 Å². The third-order valence-electron chi connectivity index (χ3n) is 1.85. The zero-order chi connectivity index (χ0) is 11.4. The van der Waals surface area contributed by atoms with E-state index in [1.54, 1.807) is 0 Å². The number of hydrogen-bond acceptors (Lipinski definition) is 5. The lowest BCUT2D eigenvalue weighted by Gasteiger charge is -2.08. The van der Waals surface area contributed by atoms with E-state index >= 15 is 0 Å². The van der Waals surface area contributed by atoms with Crippen molar-refractivity contribution in [3.05, 3.63) is 39.9 Å². The molecule has 0 unspecified atom stereocenters. The van der Waals surface area contributed by atoms with Crippen LogP contribution in [0.4, 0.5) is 5.69 Å². The fraction of sp³-hybridized carbons (Fsp3) is 0.222. The Morgan fingerprint density at radius 1 is 1.53 bits per heavy atom. The van der Waals surface area contributed by atoms with E-state index in [0.29, 0.717) is 0 Å². The van der Waals surface area contributed by atoms with E-state index in [1.165, 1.54) is 24.3 Å². The van der Waals surface area contributed by atoms with Gasteiger partial charge in [0.2, 0.25) is 0 Å². The molecule has 0 fully saturated rings. The molecule has 0 saturated carbocycles. The number of nitro benzene ring substituents is 1. The van der Waals surface area contributed by atoms with Gasteiger partial charge in [-0.3, -0.25) is 10.1 Å². The number of para-hydroxylation sites is 1. The van der Waals surface area contributed by atoms with Gasteiger partial charge in [-0.2, -0.15) is 0 Å². The Morgan fingerprint density at radius 2 is 2.13 bits per heavy atom. The molecule has 0 amide bonds. The lowest BCUT2D eigenvalue weighted by molar-refractivity contribution is -0.386. The molecular formula is C9H9NO5. The van der Waals surface area contributed by atoms with Crippen molar-refractivity contribution >= 4 is 11.7 Å². The lowest BCUT2D eigenvalue weighted by atomic mass is 10.1. The molecule has 1 N–H and O–H groups in total. The normalized spacial score (nSPS) is 11.9. The zero-order valence-electron chi connectivity index (χ0n) is 7.91. The SMILES string of the molecule is COC(=O)[C@@H](O)c1ccccc1[N+](=O)[O-]. The third-order valence-corrected chi connectivity index (χ3v) is 1.85. The van der Waals surface area contributed by atoms with Crippen LogP contribution in [0.15, 0.2) is 24.3 Å². The summed E-state index contributed by atoms with van der Waals surface area (Å²) in [6, 6.07) is 5.46. The fourth-order valence-corrected chi connectivity index (χ4v) is 1.12. The number of methoxy groups -OCH3 is 1. The summed E-state index contributed by atoms with van der Waals surface area (Å²) in [7, 11) is 1.10. The molecule has 80 valence electrons. The van der Waals surface area contributed by atoms with Crippen LogP contribution in [0.2, 0.25) is 0 Å². The lowest BCUT2D eigenvalue weighted by Crippen LogP contribution is -2.14. The number of esters is 1. The van der Waals surface area contributed by atoms with Crippen molar-refractivity contribution in [1.82, 2.24) is 0 Å². The second-order valence-electron chi connectivity index (χ2n) is 2.74. The maximum Gasteiger partial charge on any atom is 0.339 e. The van der Waals surface area contributed by atoms with Gasteiger partial charge >= 0.3 is 5.97 Å². The molecule has 0 spiro atoms. The molecule has 6 heteroatoms. The van der Waals surface area contributed by atoms with Crippen molar-refractivity contribution in [3.8, 4) is 0 Å². The number of ether oxygens (including phenoxy) is 1. The van der Waals surface area contributed by atoms with Crippen LogP contribution in [-0.2, 0) is 9.53 Å². The first-order valence-electron chi connectivity index (χ1n) is 4.07. The number of carbonyl (C=O) groups excluding carboxylic acids is 1. The Morgan fingerprint density at radius 3 is 2.67 bits per heavy atom. The molecule has 1 atom stereocenters. The molecule has 0 aliphatic heterocycles. The highest BCUT2D eigenvalue weighted by Gasteiger charge is 2.25. The van der Waals surface area contributed by atoms with Crippen molar-refractivity contribution in [2.75, 3.05) is 7.11 Å². The number of aliphatic hydroxyl groups excluding tert-OH is 1. The second-order valence-corrected chi connectivity index (χ2v) is 2.74. The van der Waals surface area contributed by atoms with E-state index in [-0.39, 0.29) is 11.3 Å². The highest BCUT2D eigenvalue weighted by molar-refractivity contribution is 5.77. The van der Waals surface area contributed by atoms with Crippen molar-refractivity contribution in [1.29, 1.82) is 0 Å². The topological polar surface area (TPSA) is 89.7 Å². The van der Waals surface area contributed by atoms with Gasteiger partial charge in [0.15, 0.2) is 6.10 Å².